The van der Waals surface area contributed by atoms with Gasteiger partial charge < -0.3 is 10.1 Å². The molecule has 174 valence electrons. The van der Waals surface area contributed by atoms with Gasteiger partial charge in [0.05, 0.1) is 17.4 Å². The molecule has 0 saturated heterocycles. The summed E-state index contributed by atoms with van der Waals surface area (Å²) in [5, 5.41) is 20.9. The summed E-state index contributed by atoms with van der Waals surface area (Å²) in [5.74, 6) is 1.07. The Bertz CT molecular complexity index is 1360. The second-order valence-electron chi connectivity index (χ2n) is 7.47. The third kappa shape index (κ3) is 6.13. The predicted octanol–water partition coefficient (Wildman–Crippen LogP) is 4.65. The summed E-state index contributed by atoms with van der Waals surface area (Å²) in [6.07, 6.45) is 0. The van der Waals surface area contributed by atoms with Crippen LogP contribution in [-0.2, 0) is 11.4 Å². The van der Waals surface area contributed by atoms with Crippen molar-refractivity contribution in [2.45, 2.75) is 18.7 Å². The Morgan fingerprint density at radius 2 is 1.71 bits per heavy atom. The summed E-state index contributed by atoms with van der Waals surface area (Å²) in [4.78, 5) is 23.9. The predicted molar refractivity (Wildman–Crippen MR) is 133 cm³/mol. The van der Waals surface area contributed by atoms with Crippen molar-refractivity contribution in [2.24, 2.45) is 0 Å². The fraction of sp³-hybridized carbons (Fsp3) is 0.115. The number of carbonyl (C=O) groups excluding carboxylic acids is 2. The minimum atomic E-state index is -0.205. The van der Waals surface area contributed by atoms with Crippen LogP contribution in [0, 0.1) is 11.3 Å². The first-order chi connectivity index (χ1) is 17.0. The Balaban J connectivity index is 1.45. The highest BCUT2D eigenvalue weighted by Crippen LogP contribution is 2.23. The van der Waals surface area contributed by atoms with E-state index in [0.29, 0.717) is 33.5 Å². The number of hydrogen-bond acceptors (Lipinski definition) is 7. The number of nitrogens with zero attached hydrogens (tertiary/aromatic N) is 4. The minimum Gasteiger partial charge on any atom is -0.486 e. The number of anilines is 1. The molecule has 0 aliphatic heterocycles. The van der Waals surface area contributed by atoms with E-state index in [0.717, 1.165) is 5.69 Å². The summed E-state index contributed by atoms with van der Waals surface area (Å²) in [6, 6.07) is 25.2. The van der Waals surface area contributed by atoms with E-state index in [1.165, 1.54) is 18.7 Å². The van der Waals surface area contributed by atoms with Gasteiger partial charge in [-0.3, -0.25) is 14.2 Å². The van der Waals surface area contributed by atoms with Crippen LogP contribution in [-0.4, -0.2) is 32.2 Å². The van der Waals surface area contributed by atoms with Gasteiger partial charge >= 0.3 is 0 Å². The van der Waals surface area contributed by atoms with Crippen LogP contribution in [0.15, 0.2) is 84.0 Å². The van der Waals surface area contributed by atoms with Gasteiger partial charge in [-0.05, 0) is 67.6 Å². The molecule has 0 radical (unpaired) electrons. The number of carbonyl (C=O) groups is 2. The number of ether oxygens (including phenoxy) is 1. The molecule has 4 rings (SSSR count). The van der Waals surface area contributed by atoms with E-state index in [4.69, 9.17) is 10.00 Å². The molecule has 1 heterocycles. The molecular weight excluding hydrogens is 462 g/mol. The second-order valence-corrected chi connectivity index (χ2v) is 8.41. The molecule has 0 bridgehead atoms. The first-order valence-electron chi connectivity index (χ1n) is 10.7. The van der Waals surface area contributed by atoms with Gasteiger partial charge in [0.1, 0.15) is 12.4 Å². The third-order valence-electron chi connectivity index (χ3n) is 4.97. The van der Waals surface area contributed by atoms with Crippen molar-refractivity contribution in [3.8, 4) is 17.5 Å². The Morgan fingerprint density at radius 3 is 2.37 bits per heavy atom. The van der Waals surface area contributed by atoms with Gasteiger partial charge in [0.15, 0.2) is 16.8 Å². The van der Waals surface area contributed by atoms with E-state index in [1.807, 2.05) is 34.9 Å². The number of ketones is 1. The quantitative estimate of drug-likeness (QED) is 0.272. The topological polar surface area (TPSA) is 110 Å². The summed E-state index contributed by atoms with van der Waals surface area (Å²) in [7, 11) is 0. The molecule has 1 N–H and O–H groups in total. The lowest BCUT2D eigenvalue weighted by atomic mass is 10.1. The van der Waals surface area contributed by atoms with Crippen LogP contribution in [0.1, 0.15) is 28.7 Å². The maximum Gasteiger partial charge on any atom is 0.234 e. The zero-order chi connectivity index (χ0) is 24.6. The molecule has 1 amide bonds. The number of nitrogens with one attached hydrogen (secondary N) is 1. The molecule has 0 spiro atoms. The SMILES string of the molecule is CC(=O)c1ccc(NC(=O)CSc2nnc(COc3ccc(C#N)cc3)n2-c2ccccc2)cc1. The molecule has 0 fully saturated rings. The van der Waals surface area contributed by atoms with Crippen LogP contribution in [0.3, 0.4) is 0 Å². The van der Waals surface area contributed by atoms with E-state index in [-0.39, 0.29) is 24.1 Å². The number of benzene rings is 3. The summed E-state index contributed by atoms with van der Waals surface area (Å²) < 4.78 is 7.70. The van der Waals surface area contributed by atoms with Gasteiger partial charge in [0.25, 0.3) is 0 Å². The van der Waals surface area contributed by atoms with Crippen LogP contribution in [0.4, 0.5) is 5.69 Å². The smallest absolute Gasteiger partial charge is 0.234 e. The van der Waals surface area contributed by atoms with Crippen molar-refractivity contribution < 1.29 is 14.3 Å². The maximum absolute atomic E-state index is 12.5. The largest absolute Gasteiger partial charge is 0.486 e. The third-order valence-corrected chi connectivity index (χ3v) is 5.90. The number of Topliss-reactive ketones (excluding diaryl/α,β-unsaturated/α-hetero) is 1. The number of nitriles is 1. The van der Waals surface area contributed by atoms with Gasteiger partial charge in [0, 0.05) is 16.9 Å². The van der Waals surface area contributed by atoms with Crippen LogP contribution in [0.2, 0.25) is 0 Å². The van der Waals surface area contributed by atoms with Crippen molar-refractivity contribution in [3.63, 3.8) is 0 Å². The molecule has 35 heavy (non-hydrogen) atoms. The number of aromatic nitrogens is 3. The van der Waals surface area contributed by atoms with E-state index in [1.54, 1.807) is 48.5 Å². The van der Waals surface area contributed by atoms with Crippen LogP contribution >= 0.6 is 11.8 Å². The van der Waals surface area contributed by atoms with Gasteiger partial charge in [-0.15, -0.1) is 10.2 Å². The van der Waals surface area contributed by atoms with Gasteiger partial charge in [-0.1, -0.05) is 30.0 Å². The van der Waals surface area contributed by atoms with Crippen LogP contribution in [0.25, 0.3) is 5.69 Å². The Labute approximate surface area is 206 Å². The Hall–Kier alpha value is -4.42. The number of para-hydroxylation sites is 1. The van der Waals surface area contributed by atoms with Crippen molar-refractivity contribution in [1.29, 1.82) is 5.26 Å². The molecular formula is C26H21N5O3S. The number of rotatable bonds is 9. The van der Waals surface area contributed by atoms with Crippen molar-refractivity contribution in [2.75, 3.05) is 11.1 Å². The van der Waals surface area contributed by atoms with Crippen molar-refractivity contribution in [3.05, 3.63) is 95.8 Å². The highest BCUT2D eigenvalue weighted by atomic mass is 32.2. The highest BCUT2D eigenvalue weighted by molar-refractivity contribution is 7.99. The minimum absolute atomic E-state index is 0.0300. The summed E-state index contributed by atoms with van der Waals surface area (Å²) in [6.45, 7) is 1.65. The van der Waals surface area contributed by atoms with E-state index in [2.05, 4.69) is 21.6 Å². The molecule has 4 aromatic rings. The summed E-state index contributed by atoms with van der Waals surface area (Å²) in [5.41, 5.74) is 2.60. The molecule has 1 aromatic heterocycles. The van der Waals surface area contributed by atoms with Gasteiger partial charge in [-0.25, -0.2) is 0 Å². The molecule has 8 nitrogen and oxygen atoms in total. The van der Waals surface area contributed by atoms with Gasteiger partial charge in [-0.2, -0.15) is 5.26 Å². The molecule has 0 unspecified atom stereocenters. The second kappa shape index (κ2) is 11.1. The fourth-order valence-electron chi connectivity index (χ4n) is 3.21. The van der Waals surface area contributed by atoms with Crippen molar-refractivity contribution in [1.82, 2.24) is 14.8 Å². The number of hydrogen-bond donors (Lipinski definition) is 1. The monoisotopic (exact) mass is 483 g/mol. The Kier molecular flexibility index (Phi) is 7.55. The molecule has 9 heteroatoms. The number of thioether (sulfide) groups is 1. The average Bonchev–Trinajstić information content (AvgIpc) is 3.30. The molecule has 0 saturated carbocycles. The molecule has 0 atom stereocenters. The lowest BCUT2D eigenvalue weighted by Crippen LogP contribution is -2.15. The zero-order valence-corrected chi connectivity index (χ0v) is 19.7. The first kappa shape index (κ1) is 23.7. The average molecular weight is 484 g/mol. The van der Waals surface area contributed by atoms with E-state index >= 15 is 0 Å². The van der Waals surface area contributed by atoms with Gasteiger partial charge in [0.2, 0.25) is 5.91 Å². The molecule has 0 aliphatic carbocycles. The van der Waals surface area contributed by atoms with E-state index in [9.17, 15) is 9.59 Å². The zero-order valence-electron chi connectivity index (χ0n) is 18.8. The lowest BCUT2D eigenvalue weighted by molar-refractivity contribution is -0.113. The normalized spacial score (nSPS) is 10.4. The standard InChI is InChI=1S/C26H21N5O3S/c1-18(32)20-9-11-21(12-10-20)28-25(33)17-35-26-30-29-24(31(26)22-5-3-2-4-6-22)16-34-23-13-7-19(15-27)8-14-23/h2-14H,16-17H2,1H3,(H,28,33). The maximum atomic E-state index is 12.5. The highest BCUT2D eigenvalue weighted by Gasteiger charge is 2.16. The lowest BCUT2D eigenvalue weighted by Gasteiger charge is -2.11. The van der Waals surface area contributed by atoms with Crippen LogP contribution in [0.5, 0.6) is 5.75 Å². The summed E-state index contributed by atoms with van der Waals surface area (Å²) >= 11 is 1.26. The number of amides is 1. The Morgan fingerprint density at radius 1 is 1.00 bits per heavy atom. The van der Waals surface area contributed by atoms with E-state index < -0.39 is 0 Å². The first-order valence-corrected chi connectivity index (χ1v) is 11.7. The fourth-order valence-corrected chi connectivity index (χ4v) is 3.98. The van der Waals surface area contributed by atoms with Crippen molar-refractivity contribution >= 4 is 29.1 Å². The molecule has 3 aromatic carbocycles. The van der Waals surface area contributed by atoms with Crippen LogP contribution < -0.4 is 10.1 Å². The molecule has 0 aliphatic rings.